The fourth-order valence-corrected chi connectivity index (χ4v) is 3.63. The molecule has 2 rings (SSSR count). The van der Waals surface area contributed by atoms with Crippen LogP contribution in [0, 0.1) is 0 Å². The number of benzene rings is 1. The lowest BCUT2D eigenvalue weighted by atomic mass is 10.3. The van der Waals surface area contributed by atoms with Crippen LogP contribution >= 0.6 is 0 Å². The molecule has 0 amide bonds. The number of nitrogens with one attached hydrogen (secondary N) is 2. The molecule has 0 heterocycles. The van der Waals surface area contributed by atoms with Crippen LogP contribution in [0.2, 0.25) is 0 Å². The highest BCUT2D eigenvalue weighted by Gasteiger charge is 2.29. The van der Waals surface area contributed by atoms with E-state index < -0.39 is 10.0 Å². The number of hydrogen-bond acceptors (Lipinski definition) is 4. The van der Waals surface area contributed by atoms with Crippen LogP contribution in [0.5, 0.6) is 0 Å². The van der Waals surface area contributed by atoms with E-state index in [1.807, 2.05) is 13.0 Å². The van der Waals surface area contributed by atoms with E-state index in [9.17, 15) is 8.42 Å². The number of nitrogens with zero attached hydrogens (tertiary/aromatic N) is 1. The third-order valence-electron chi connectivity index (χ3n) is 3.93. The van der Waals surface area contributed by atoms with E-state index >= 15 is 0 Å². The molecule has 0 aromatic heterocycles. The number of likely N-dealkylation sites (N-methyl/N-ethyl adjacent to an activating group) is 1. The van der Waals surface area contributed by atoms with E-state index in [4.69, 9.17) is 0 Å². The molecule has 1 atom stereocenters. The predicted molar refractivity (Wildman–Crippen MR) is 86.0 cm³/mol. The van der Waals surface area contributed by atoms with Gasteiger partial charge in [0.15, 0.2) is 0 Å². The molecule has 5 nitrogen and oxygen atoms in total. The Bertz CT molecular complexity index is 570. The molecule has 6 heteroatoms. The van der Waals surface area contributed by atoms with Crippen molar-refractivity contribution in [3.63, 3.8) is 0 Å². The van der Waals surface area contributed by atoms with Crippen molar-refractivity contribution < 1.29 is 8.42 Å². The molecule has 0 bridgehead atoms. The van der Waals surface area contributed by atoms with Crippen molar-refractivity contribution in [2.75, 3.05) is 25.5 Å². The van der Waals surface area contributed by atoms with E-state index in [1.165, 1.54) is 12.8 Å². The Morgan fingerprint density at radius 3 is 2.62 bits per heavy atom. The zero-order valence-corrected chi connectivity index (χ0v) is 13.8. The highest BCUT2D eigenvalue weighted by molar-refractivity contribution is 7.89. The van der Waals surface area contributed by atoms with Gasteiger partial charge >= 0.3 is 0 Å². The van der Waals surface area contributed by atoms with Crippen molar-refractivity contribution in [2.24, 2.45) is 0 Å². The van der Waals surface area contributed by atoms with Gasteiger partial charge in [0, 0.05) is 25.2 Å². The second-order valence-corrected chi connectivity index (χ2v) is 7.36. The fourth-order valence-electron chi connectivity index (χ4n) is 2.33. The Morgan fingerprint density at radius 1 is 1.33 bits per heavy atom. The largest absolute Gasteiger partial charge is 0.384 e. The average Bonchev–Trinajstić information content (AvgIpc) is 3.29. The average molecular weight is 311 g/mol. The van der Waals surface area contributed by atoms with E-state index in [0.29, 0.717) is 29.7 Å². The maximum Gasteiger partial charge on any atom is 0.242 e. The lowest BCUT2D eigenvalue weighted by Gasteiger charge is -2.24. The number of anilines is 1. The Labute approximate surface area is 127 Å². The maximum absolute atomic E-state index is 12.5. The normalized spacial score (nSPS) is 17.0. The molecule has 2 N–H and O–H groups in total. The monoisotopic (exact) mass is 311 g/mol. The first kappa shape index (κ1) is 16.3. The molecule has 1 aromatic carbocycles. The van der Waals surface area contributed by atoms with Gasteiger partial charge in [0.25, 0.3) is 0 Å². The molecular weight excluding hydrogens is 286 g/mol. The summed E-state index contributed by atoms with van der Waals surface area (Å²) in [7, 11) is -1.43. The number of hydrogen-bond donors (Lipinski definition) is 2. The Hall–Kier alpha value is -1.11. The van der Waals surface area contributed by atoms with Crippen LogP contribution in [0.1, 0.15) is 26.7 Å². The first-order chi connectivity index (χ1) is 9.95. The molecule has 1 saturated carbocycles. The Kier molecular flexibility index (Phi) is 5.24. The van der Waals surface area contributed by atoms with E-state index in [0.717, 1.165) is 0 Å². The van der Waals surface area contributed by atoms with Gasteiger partial charge in [-0.25, -0.2) is 13.1 Å². The number of sulfonamides is 1. The van der Waals surface area contributed by atoms with Gasteiger partial charge in [-0.1, -0.05) is 12.1 Å². The van der Waals surface area contributed by atoms with Crippen molar-refractivity contribution in [1.29, 1.82) is 0 Å². The Morgan fingerprint density at radius 2 is 2.00 bits per heavy atom. The van der Waals surface area contributed by atoms with Gasteiger partial charge < -0.3 is 5.32 Å². The summed E-state index contributed by atoms with van der Waals surface area (Å²) in [6.07, 6.45) is 2.44. The molecule has 0 aliphatic heterocycles. The SMILES string of the molecule is CCNc1ccccc1S(=O)(=O)NCC(C)N(C)C1CC1. The Balaban J connectivity index is 2.04. The topological polar surface area (TPSA) is 61.4 Å². The van der Waals surface area contributed by atoms with Gasteiger partial charge in [0.1, 0.15) is 4.90 Å². The predicted octanol–water partition coefficient (Wildman–Crippen LogP) is 1.88. The van der Waals surface area contributed by atoms with E-state index in [-0.39, 0.29) is 6.04 Å². The van der Waals surface area contributed by atoms with Gasteiger partial charge in [0.05, 0.1) is 5.69 Å². The molecule has 0 radical (unpaired) electrons. The summed E-state index contributed by atoms with van der Waals surface area (Å²) in [5.41, 5.74) is 0.649. The summed E-state index contributed by atoms with van der Waals surface area (Å²) in [6, 6.07) is 7.82. The number of para-hydroxylation sites is 1. The van der Waals surface area contributed by atoms with Crippen LogP contribution in [0.3, 0.4) is 0 Å². The quantitative estimate of drug-likeness (QED) is 0.769. The smallest absolute Gasteiger partial charge is 0.242 e. The van der Waals surface area contributed by atoms with Crippen LogP contribution in [-0.4, -0.2) is 45.5 Å². The summed E-state index contributed by atoms with van der Waals surface area (Å²) in [6.45, 7) is 5.11. The minimum atomic E-state index is -3.49. The fraction of sp³-hybridized carbons (Fsp3) is 0.600. The summed E-state index contributed by atoms with van der Waals surface area (Å²) in [4.78, 5) is 2.56. The van der Waals surface area contributed by atoms with Crippen molar-refractivity contribution in [1.82, 2.24) is 9.62 Å². The second kappa shape index (κ2) is 6.77. The van der Waals surface area contributed by atoms with Crippen molar-refractivity contribution >= 4 is 15.7 Å². The third-order valence-corrected chi connectivity index (χ3v) is 5.41. The van der Waals surface area contributed by atoms with Crippen molar-refractivity contribution in [3.05, 3.63) is 24.3 Å². The highest BCUT2D eigenvalue weighted by Crippen LogP contribution is 2.27. The third kappa shape index (κ3) is 4.18. The molecule has 1 aromatic rings. The van der Waals surface area contributed by atoms with Crippen molar-refractivity contribution in [3.8, 4) is 0 Å². The zero-order valence-electron chi connectivity index (χ0n) is 13.0. The first-order valence-electron chi connectivity index (χ1n) is 7.50. The standard InChI is InChI=1S/C15H25N3O2S/c1-4-16-14-7-5-6-8-15(14)21(19,20)17-11-12(2)18(3)13-9-10-13/h5-8,12-13,16-17H,4,9-11H2,1-3H3. The summed E-state index contributed by atoms with van der Waals surface area (Å²) < 4.78 is 27.7. The minimum absolute atomic E-state index is 0.193. The minimum Gasteiger partial charge on any atom is -0.384 e. The molecule has 1 aliphatic carbocycles. The van der Waals surface area contributed by atoms with Gasteiger partial charge in [-0.3, -0.25) is 4.90 Å². The summed E-state index contributed by atoms with van der Waals surface area (Å²) >= 11 is 0. The molecule has 0 saturated heterocycles. The van der Waals surface area contributed by atoms with Crippen molar-refractivity contribution in [2.45, 2.75) is 43.7 Å². The molecule has 1 fully saturated rings. The maximum atomic E-state index is 12.5. The molecule has 0 spiro atoms. The lowest BCUT2D eigenvalue weighted by molar-refractivity contribution is 0.248. The first-order valence-corrected chi connectivity index (χ1v) is 8.98. The molecule has 118 valence electrons. The molecule has 1 aliphatic rings. The summed E-state index contributed by atoms with van der Waals surface area (Å²) in [5.74, 6) is 0. The second-order valence-electron chi connectivity index (χ2n) is 5.62. The zero-order chi connectivity index (χ0) is 15.5. The molecular formula is C15H25N3O2S. The highest BCUT2D eigenvalue weighted by atomic mass is 32.2. The summed E-state index contributed by atoms with van der Waals surface area (Å²) in [5, 5.41) is 3.09. The lowest BCUT2D eigenvalue weighted by Crippen LogP contribution is -2.41. The van der Waals surface area contributed by atoms with E-state index in [1.54, 1.807) is 18.2 Å². The van der Waals surface area contributed by atoms with Gasteiger partial charge in [0.2, 0.25) is 10.0 Å². The van der Waals surface area contributed by atoms with Crippen LogP contribution in [-0.2, 0) is 10.0 Å². The van der Waals surface area contributed by atoms with Crippen LogP contribution in [0.4, 0.5) is 5.69 Å². The van der Waals surface area contributed by atoms with Crippen LogP contribution in [0.15, 0.2) is 29.2 Å². The molecule has 21 heavy (non-hydrogen) atoms. The number of rotatable bonds is 8. The van der Waals surface area contributed by atoms with Gasteiger partial charge in [-0.05, 0) is 45.9 Å². The van der Waals surface area contributed by atoms with Gasteiger partial charge in [-0.15, -0.1) is 0 Å². The van der Waals surface area contributed by atoms with Crippen LogP contribution < -0.4 is 10.0 Å². The van der Waals surface area contributed by atoms with E-state index in [2.05, 4.69) is 28.9 Å². The van der Waals surface area contributed by atoms with Crippen LogP contribution in [0.25, 0.3) is 0 Å². The molecule has 1 unspecified atom stereocenters. The van der Waals surface area contributed by atoms with Gasteiger partial charge in [-0.2, -0.15) is 0 Å².